The Bertz CT molecular complexity index is 850. The summed E-state index contributed by atoms with van der Waals surface area (Å²) in [5.41, 5.74) is 2.77. The fourth-order valence-corrected chi connectivity index (χ4v) is 2.22. The third-order valence-electron chi connectivity index (χ3n) is 3.43. The predicted molar refractivity (Wildman–Crippen MR) is 88.7 cm³/mol. The molecule has 0 atom stereocenters. The van der Waals surface area contributed by atoms with Crippen LogP contribution in [-0.2, 0) is 0 Å². The van der Waals surface area contributed by atoms with Gasteiger partial charge in [-0.1, -0.05) is 71.4 Å². The second-order valence-electron chi connectivity index (χ2n) is 5.11. The first kappa shape index (κ1) is 14.7. The van der Waals surface area contributed by atoms with Crippen LogP contribution in [-0.4, -0.2) is 10.1 Å². The first-order chi connectivity index (χ1) is 11.1. The molecule has 0 saturated heterocycles. The van der Waals surface area contributed by atoms with Gasteiger partial charge in [-0.25, -0.2) is 0 Å². The smallest absolute Gasteiger partial charge is 0.343 e. The Morgan fingerprint density at radius 2 is 1.74 bits per heavy atom. The molecule has 0 bridgehead atoms. The average Bonchev–Trinajstić information content (AvgIpc) is 2.99. The van der Waals surface area contributed by atoms with Crippen molar-refractivity contribution >= 4 is 17.8 Å². The summed E-state index contributed by atoms with van der Waals surface area (Å²) in [6, 6.07) is 16.9. The van der Waals surface area contributed by atoms with Gasteiger partial charge in [-0.05, 0) is 18.6 Å². The summed E-state index contributed by atoms with van der Waals surface area (Å²) in [4.78, 5) is 11.0. The highest BCUT2D eigenvalue weighted by atomic mass is 16.6. The summed E-state index contributed by atoms with van der Waals surface area (Å²) < 4.78 is 5.19. The Morgan fingerprint density at radius 3 is 2.39 bits per heavy atom. The molecule has 0 amide bonds. The van der Waals surface area contributed by atoms with Crippen LogP contribution in [0.15, 0.2) is 59.1 Å². The molecule has 1 heterocycles. The Labute approximate surface area is 133 Å². The topological polar surface area (TPSA) is 69.2 Å². The fourth-order valence-electron chi connectivity index (χ4n) is 2.22. The van der Waals surface area contributed by atoms with Crippen LogP contribution in [0.4, 0.5) is 5.69 Å². The summed E-state index contributed by atoms with van der Waals surface area (Å²) in [6.45, 7) is 1.95. The molecule has 5 nitrogen and oxygen atoms in total. The molecule has 3 rings (SSSR count). The lowest BCUT2D eigenvalue weighted by Gasteiger charge is -1.97. The molecule has 3 aromatic rings. The molecule has 0 aliphatic heterocycles. The average molecular weight is 306 g/mol. The van der Waals surface area contributed by atoms with Crippen LogP contribution in [0.1, 0.15) is 16.9 Å². The maximum Gasteiger partial charge on any atom is 0.343 e. The van der Waals surface area contributed by atoms with Gasteiger partial charge < -0.3 is 4.52 Å². The molecule has 23 heavy (non-hydrogen) atoms. The number of rotatable bonds is 4. The molecule has 0 saturated carbocycles. The van der Waals surface area contributed by atoms with E-state index < -0.39 is 4.92 Å². The van der Waals surface area contributed by atoms with E-state index in [4.69, 9.17) is 4.52 Å². The number of aromatic nitrogens is 1. The zero-order valence-corrected chi connectivity index (χ0v) is 12.5. The normalized spacial score (nSPS) is 11.0. The number of nitro groups is 1. The second kappa shape index (κ2) is 6.27. The molecule has 0 aliphatic rings. The van der Waals surface area contributed by atoms with Crippen LogP contribution in [0.25, 0.3) is 23.4 Å². The molecule has 5 heteroatoms. The third-order valence-corrected chi connectivity index (χ3v) is 3.43. The Kier molecular flexibility index (Phi) is 4.01. The predicted octanol–water partition coefficient (Wildman–Crippen LogP) is 4.73. The molecule has 1 aromatic heterocycles. The van der Waals surface area contributed by atoms with Crippen molar-refractivity contribution in [3.05, 3.63) is 81.6 Å². The van der Waals surface area contributed by atoms with Gasteiger partial charge in [-0.2, -0.15) is 0 Å². The van der Waals surface area contributed by atoms with Gasteiger partial charge in [0.15, 0.2) is 5.69 Å². The highest BCUT2D eigenvalue weighted by Crippen LogP contribution is 2.33. The van der Waals surface area contributed by atoms with Crippen LogP contribution in [0.3, 0.4) is 0 Å². The van der Waals surface area contributed by atoms with Gasteiger partial charge in [0.2, 0.25) is 5.76 Å². The van der Waals surface area contributed by atoms with Crippen LogP contribution in [0.5, 0.6) is 0 Å². The largest absolute Gasteiger partial charge is 0.349 e. The van der Waals surface area contributed by atoms with Crippen molar-refractivity contribution in [1.29, 1.82) is 0 Å². The molecule has 0 N–H and O–H groups in total. The third kappa shape index (κ3) is 3.18. The fraction of sp³-hybridized carbons (Fsp3) is 0.0556. The number of hydrogen-bond donors (Lipinski definition) is 0. The van der Waals surface area contributed by atoms with Gasteiger partial charge in [-0.15, -0.1) is 0 Å². The molecule has 0 fully saturated rings. The standard InChI is InChI=1S/C18H14N2O3/c1-13-7-10-15(11-8-13)17-18(20(21)22)16(23-19-17)12-9-14-5-3-2-4-6-14/h2-12H,1H3/b12-9+. The van der Waals surface area contributed by atoms with E-state index in [9.17, 15) is 10.1 Å². The van der Waals surface area contributed by atoms with E-state index in [0.717, 1.165) is 11.1 Å². The van der Waals surface area contributed by atoms with Crippen LogP contribution < -0.4 is 0 Å². The lowest BCUT2D eigenvalue weighted by Crippen LogP contribution is -1.91. The van der Waals surface area contributed by atoms with Gasteiger partial charge in [0.25, 0.3) is 0 Å². The first-order valence-corrected chi connectivity index (χ1v) is 7.09. The van der Waals surface area contributed by atoms with Crippen molar-refractivity contribution in [2.45, 2.75) is 6.92 Å². The SMILES string of the molecule is Cc1ccc(-c2noc(/C=C/c3ccccc3)c2[N+](=O)[O-])cc1. The van der Waals surface area contributed by atoms with E-state index in [-0.39, 0.29) is 17.1 Å². The molecular formula is C18H14N2O3. The van der Waals surface area contributed by atoms with Crippen LogP contribution >= 0.6 is 0 Å². The van der Waals surface area contributed by atoms with Crippen LogP contribution in [0.2, 0.25) is 0 Å². The van der Waals surface area contributed by atoms with Crippen molar-refractivity contribution < 1.29 is 9.45 Å². The molecule has 2 aromatic carbocycles. The number of benzene rings is 2. The Morgan fingerprint density at radius 1 is 1.04 bits per heavy atom. The quantitative estimate of drug-likeness (QED) is 0.516. The zero-order valence-electron chi connectivity index (χ0n) is 12.5. The van der Waals surface area contributed by atoms with E-state index in [0.29, 0.717) is 5.56 Å². The van der Waals surface area contributed by atoms with Gasteiger partial charge in [0, 0.05) is 5.56 Å². The van der Waals surface area contributed by atoms with Crippen molar-refractivity contribution in [2.75, 3.05) is 0 Å². The first-order valence-electron chi connectivity index (χ1n) is 7.09. The summed E-state index contributed by atoms with van der Waals surface area (Å²) in [5, 5.41) is 15.3. The van der Waals surface area contributed by atoms with E-state index in [1.807, 2.05) is 49.4 Å². The van der Waals surface area contributed by atoms with E-state index >= 15 is 0 Å². The van der Waals surface area contributed by atoms with Gasteiger partial charge in [-0.3, -0.25) is 10.1 Å². The van der Waals surface area contributed by atoms with Crippen molar-refractivity contribution in [2.24, 2.45) is 0 Å². The lowest BCUT2D eigenvalue weighted by molar-refractivity contribution is -0.384. The highest BCUT2D eigenvalue weighted by molar-refractivity contribution is 5.79. The monoisotopic (exact) mass is 306 g/mol. The molecule has 0 radical (unpaired) electrons. The van der Waals surface area contributed by atoms with E-state index in [1.165, 1.54) is 0 Å². The van der Waals surface area contributed by atoms with Crippen molar-refractivity contribution in [3.63, 3.8) is 0 Å². The maximum absolute atomic E-state index is 11.4. The minimum Gasteiger partial charge on any atom is -0.349 e. The number of aryl methyl sites for hydroxylation is 1. The second-order valence-corrected chi connectivity index (χ2v) is 5.11. The minimum atomic E-state index is -0.462. The minimum absolute atomic E-state index is 0.124. The van der Waals surface area contributed by atoms with Gasteiger partial charge >= 0.3 is 5.69 Å². The highest BCUT2D eigenvalue weighted by Gasteiger charge is 2.26. The maximum atomic E-state index is 11.4. The van der Waals surface area contributed by atoms with Gasteiger partial charge in [0.1, 0.15) is 0 Å². The summed E-state index contributed by atoms with van der Waals surface area (Å²) in [7, 11) is 0. The zero-order chi connectivity index (χ0) is 16.2. The molecule has 114 valence electrons. The molecular weight excluding hydrogens is 292 g/mol. The summed E-state index contributed by atoms with van der Waals surface area (Å²) in [5.74, 6) is 0.134. The summed E-state index contributed by atoms with van der Waals surface area (Å²) >= 11 is 0. The lowest BCUT2D eigenvalue weighted by atomic mass is 10.1. The number of hydrogen-bond acceptors (Lipinski definition) is 4. The molecule has 0 unspecified atom stereocenters. The van der Waals surface area contributed by atoms with Crippen LogP contribution in [0, 0.1) is 17.0 Å². The van der Waals surface area contributed by atoms with E-state index in [2.05, 4.69) is 5.16 Å². The Hall–Kier alpha value is -3.21. The molecule has 0 aliphatic carbocycles. The van der Waals surface area contributed by atoms with E-state index in [1.54, 1.807) is 24.3 Å². The van der Waals surface area contributed by atoms with Crippen molar-refractivity contribution in [1.82, 2.24) is 5.16 Å². The molecule has 0 spiro atoms. The number of nitrogens with zero attached hydrogens (tertiary/aromatic N) is 2. The summed E-state index contributed by atoms with van der Waals surface area (Å²) in [6.07, 6.45) is 3.32. The van der Waals surface area contributed by atoms with Gasteiger partial charge in [0.05, 0.1) is 4.92 Å². The van der Waals surface area contributed by atoms with Crippen molar-refractivity contribution in [3.8, 4) is 11.3 Å². The Balaban J connectivity index is 2.01.